The number of tetrazole rings is 1. The number of rotatable bonds is 6. The second-order valence-corrected chi connectivity index (χ2v) is 8.09. The maximum Gasteiger partial charge on any atom is 0.233 e. The molecule has 2 heterocycles. The SMILES string of the molecule is COc1ccc(C2CCCCCN2C(=O)CSc2nnnn2C2CC2)cc1. The van der Waals surface area contributed by atoms with Crippen molar-refractivity contribution in [1.29, 1.82) is 0 Å². The van der Waals surface area contributed by atoms with E-state index in [1.54, 1.807) is 7.11 Å². The Bertz CT molecular complexity index is 775. The minimum absolute atomic E-state index is 0.130. The molecule has 1 aromatic heterocycles. The highest BCUT2D eigenvalue weighted by Gasteiger charge is 2.30. The molecule has 1 unspecified atom stereocenters. The summed E-state index contributed by atoms with van der Waals surface area (Å²) in [5.74, 6) is 1.38. The summed E-state index contributed by atoms with van der Waals surface area (Å²) in [6.07, 6.45) is 6.62. The molecule has 144 valence electrons. The molecule has 4 rings (SSSR count). The third kappa shape index (κ3) is 4.26. The van der Waals surface area contributed by atoms with Gasteiger partial charge in [0.05, 0.1) is 24.9 Å². The monoisotopic (exact) mass is 387 g/mol. The molecule has 1 saturated carbocycles. The van der Waals surface area contributed by atoms with Gasteiger partial charge in [0.15, 0.2) is 0 Å². The van der Waals surface area contributed by atoms with Crippen molar-refractivity contribution in [3.05, 3.63) is 29.8 Å². The Morgan fingerprint density at radius 2 is 2.00 bits per heavy atom. The summed E-state index contributed by atoms with van der Waals surface area (Å²) in [5.41, 5.74) is 1.18. The van der Waals surface area contributed by atoms with Gasteiger partial charge in [-0.1, -0.05) is 36.7 Å². The average Bonchev–Trinajstić information content (AvgIpc) is 3.49. The van der Waals surface area contributed by atoms with Crippen molar-refractivity contribution in [2.75, 3.05) is 19.4 Å². The van der Waals surface area contributed by atoms with Crippen LogP contribution >= 0.6 is 11.8 Å². The highest BCUT2D eigenvalue weighted by atomic mass is 32.2. The maximum atomic E-state index is 13.1. The molecule has 0 spiro atoms. The van der Waals surface area contributed by atoms with Crippen molar-refractivity contribution in [2.24, 2.45) is 0 Å². The van der Waals surface area contributed by atoms with Crippen LogP contribution in [0.15, 0.2) is 29.4 Å². The van der Waals surface area contributed by atoms with E-state index in [-0.39, 0.29) is 11.9 Å². The first kappa shape index (κ1) is 18.3. The van der Waals surface area contributed by atoms with E-state index in [9.17, 15) is 4.79 Å². The van der Waals surface area contributed by atoms with Crippen LogP contribution in [0.4, 0.5) is 0 Å². The van der Waals surface area contributed by atoms with E-state index >= 15 is 0 Å². The van der Waals surface area contributed by atoms with Crippen LogP contribution in [-0.2, 0) is 4.79 Å². The average molecular weight is 388 g/mol. The molecular formula is C19H25N5O2S. The van der Waals surface area contributed by atoms with E-state index in [0.29, 0.717) is 11.8 Å². The minimum atomic E-state index is 0.130. The molecule has 1 atom stereocenters. The number of carbonyl (C=O) groups excluding carboxylic acids is 1. The summed E-state index contributed by atoms with van der Waals surface area (Å²) < 4.78 is 7.13. The molecule has 2 fully saturated rings. The molecule has 27 heavy (non-hydrogen) atoms. The van der Waals surface area contributed by atoms with Crippen LogP contribution in [0, 0.1) is 0 Å². The van der Waals surface area contributed by atoms with Crippen LogP contribution in [0.5, 0.6) is 5.75 Å². The van der Waals surface area contributed by atoms with Crippen molar-refractivity contribution in [3.63, 3.8) is 0 Å². The zero-order valence-electron chi connectivity index (χ0n) is 15.6. The number of thioether (sulfide) groups is 1. The smallest absolute Gasteiger partial charge is 0.233 e. The number of ether oxygens (including phenoxy) is 1. The van der Waals surface area contributed by atoms with Gasteiger partial charge in [0, 0.05) is 6.54 Å². The van der Waals surface area contributed by atoms with Crippen LogP contribution in [0.2, 0.25) is 0 Å². The highest BCUT2D eigenvalue weighted by molar-refractivity contribution is 7.99. The summed E-state index contributed by atoms with van der Waals surface area (Å²) in [6, 6.07) is 8.66. The topological polar surface area (TPSA) is 73.1 Å². The van der Waals surface area contributed by atoms with Crippen molar-refractivity contribution in [1.82, 2.24) is 25.1 Å². The molecular weight excluding hydrogens is 362 g/mol. The van der Waals surface area contributed by atoms with Crippen molar-refractivity contribution >= 4 is 17.7 Å². The zero-order valence-corrected chi connectivity index (χ0v) is 16.4. The number of aromatic nitrogens is 4. The van der Waals surface area contributed by atoms with Crippen molar-refractivity contribution in [3.8, 4) is 5.75 Å². The fraction of sp³-hybridized carbons (Fsp3) is 0.579. The van der Waals surface area contributed by atoms with Gasteiger partial charge in [0.1, 0.15) is 5.75 Å². The summed E-state index contributed by atoms with van der Waals surface area (Å²) >= 11 is 1.45. The number of hydrogen-bond acceptors (Lipinski definition) is 6. The molecule has 2 aliphatic rings. The minimum Gasteiger partial charge on any atom is -0.497 e. The molecule has 1 aliphatic heterocycles. The predicted octanol–water partition coefficient (Wildman–Crippen LogP) is 3.25. The zero-order chi connectivity index (χ0) is 18.6. The Morgan fingerprint density at radius 1 is 1.19 bits per heavy atom. The van der Waals surface area contributed by atoms with Gasteiger partial charge in [-0.15, -0.1) is 5.10 Å². The van der Waals surface area contributed by atoms with Gasteiger partial charge in [-0.2, -0.15) is 0 Å². The Morgan fingerprint density at radius 3 is 2.74 bits per heavy atom. The largest absolute Gasteiger partial charge is 0.497 e. The number of carbonyl (C=O) groups is 1. The molecule has 1 saturated heterocycles. The fourth-order valence-electron chi connectivity index (χ4n) is 3.62. The lowest BCUT2D eigenvalue weighted by Gasteiger charge is -2.30. The second kappa shape index (κ2) is 8.29. The maximum absolute atomic E-state index is 13.1. The third-order valence-electron chi connectivity index (χ3n) is 5.25. The second-order valence-electron chi connectivity index (χ2n) is 7.15. The Kier molecular flexibility index (Phi) is 5.61. The van der Waals surface area contributed by atoms with Gasteiger partial charge in [-0.25, -0.2) is 4.68 Å². The summed E-state index contributed by atoms with van der Waals surface area (Å²) in [6.45, 7) is 0.809. The van der Waals surface area contributed by atoms with E-state index in [4.69, 9.17) is 4.74 Å². The Labute approximate surface area is 163 Å². The summed E-state index contributed by atoms with van der Waals surface area (Å²) in [5, 5.41) is 12.7. The van der Waals surface area contributed by atoms with E-state index in [0.717, 1.165) is 49.6 Å². The first-order valence-electron chi connectivity index (χ1n) is 9.60. The summed E-state index contributed by atoms with van der Waals surface area (Å²) in [7, 11) is 1.67. The first-order valence-corrected chi connectivity index (χ1v) is 10.6. The molecule has 0 radical (unpaired) electrons. The molecule has 0 bridgehead atoms. The van der Waals surface area contributed by atoms with Gasteiger partial charge in [0.2, 0.25) is 11.1 Å². The third-order valence-corrected chi connectivity index (χ3v) is 6.17. The molecule has 0 N–H and O–H groups in total. The molecule has 2 aromatic rings. The Hall–Kier alpha value is -2.09. The number of likely N-dealkylation sites (tertiary alicyclic amines) is 1. The molecule has 1 aromatic carbocycles. The number of benzene rings is 1. The first-order chi connectivity index (χ1) is 13.3. The molecule has 7 nitrogen and oxygen atoms in total. The van der Waals surface area contributed by atoms with Gasteiger partial charge >= 0.3 is 0 Å². The summed E-state index contributed by atoms with van der Waals surface area (Å²) in [4.78, 5) is 15.1. The number of nitrogens with zero attached hydrogens (tertiary/aromatic N) is 5. The van der Waals surface area contributed by atoms with E-state index in [1.807, 2.05) is 21.7 Å². The lowest BCUT2D eigenvalue weighted by atomic mass is 10.0. The van der Waals surface area contributed by atoms with E-state index in [2.05, 4.69) is 27.7 Å². The van der Waals surface area contributed by atoms with Crippen molar-refractivity contribution < 1.29 is 9.53 Å². The standard InChI is InChI=1S/C19H25N5O2S/c1-26-16-10-6-14(7-11-16)17-5-3-2-4-12-23(17)18(25)13-27-19-20-21-22-24(19)15-8-9-15/h6-7,10-11,15,17H,2-5,8-9,12-13H2,1H3. The van der Waals surface area contributed by atoms with E-state index in [1.165, 1.54) is 23.7 Å². The van der Waals surface area contributed by atoms with Crippen LogP contribution in [0.1, 0.15) is 56.2 Å². The normalized spacial score (nSPS) is 20.3. The van der Waals surface area contributed by atoms with Crippen molar-refractivity contribution in [2.45, 2.75) is 55.8 Å². The predicted molar refractivity (Wildman–Crippen MR) is 103 cm³/mol. The van der Waals surface area contributed by atoms with Gasteiger partial charge < -0.3 is 9.64 Å². The van der Waals surface area contributed by atoms with Gasteiger partial charge in [0.25, 0.3) is 0 Å². The van der Waals surface area contributed by atoms with Crippen LogP contribution in [-0.4, -0.2) is 50.4 Å². The number of hydrogen-bond donors (Lipinski definition) is 0. The van der Waals surface area contributed by atoms with Crippen LogP contribution < -0.4 is 4.74 Å². The fourth-order valence-corrected chi connectivity index (χ4v) is 4.45. The quantitative estimate of drug-likeness (QED) is 0.709. The number of amides is 1. The lowest BCUT2D eigenvalue weighted by Crippen LogP contribution is -2.36. The highest BCUT2D eigenvalue weighted by Crippen LogP contribution is 2.37. The van der Waals surface area contributed by atoms with Crippen LogP contribution in [0.3, 0.4) is 0 Å². The Balaban J connectivity index is 1.45. The van der Waals surface area contributed by atoms with E-state index < -0.39 is 0 Å². The molecule has 1 aliphatic carbocycles. The molecule has 8 heteroatoms. The van der Waals surface area contributed by atoms with Crippen LogP contribution in [0.25, 0.3) is 0 Å². The number of methoxy groups -OCH3 is 1. The van der Waals surface area contributed by atoms with Gasteiger partial charge in [-0.05, 0) is 53.8 Å². The lowest BCUT2D eigenvalue weighted by molar-refractivity contribution is -0.130. The molecule has 1 amide bonds. The van der Waals surface area contributed by atoms with Gasteiger partial charge in [-0.3, -0.25) is 4.79 Å².